The van der Waals surface area contributed by atoms with Gasteiger partial charge < -0.3 is 9.73 Å². The molecular weight excluding hydrogens is 236 g/mol. The Morgan fingerprint density at radius 1 is 1.33 bits per heavy atom. The molecule has 1 atom stereocenters. The van der Waals surface area contributed by atoms with Crippen LogP contribution < -0.4 is 5.32 Å². The highest BCUT2D eigenvalue weighted by molar-refractivity contribution is 5.82. The summed E-state index contributed by atoms with van der Waals surface area (Å²) in [5.74, 6) is -0.516. The summed E-state index contributed by atoms with van der Waals surface area (Å²) in [7, 11) is 0. The van der Waals surface area contributed by atoms with Gasteiger partial charge in [-0.25, -0.2) is 8.78 Å². The minimum Gasteiger partial charge on any atom is -0.459 e. The normalized spacial score (nSPS) is 13.2. The zero-order valence-electron chi connectivity index (χ0n) is 10.8. The van der Waals surface area contributed by atoms with Crippen LogP contribution in [0.2, 0.25) is 0 Å². The average Bonchev–Trinajstić information content (AvgIpc) is 2.63. The number of fused-ring (bicyclic) bond motifs is 1. The number of benzene rings is 1. The highest BCUT2D eigenvalue weighted by Gasteiger charge is 2.19. The van der Waals surface area contributed by atoms with Gasteiger partial charge in [0.25, 0.3) is 0 Å². The van der Waals surface area contributed by atoms with Gasteiger partial charge in [0, 0.05) is 17.7 Å². The molecule has 0 fully saturated rings. The van der Waals surface area contributed by atoms with Crippen molar-refractivity contribution in [2.45, 2.75) is 33.2 Å². The van der Waals surface area contributed by atoms with E-state index in [1.54, 1.807) is 6.92 Å². The summed E-state index contributed by atoms with van der Waals surface area (Å²) in [5.41, 5.74) is 1.00. The SMILES string of the molecule is CCCNC(C)c1oc2cc(F)cc(F)c2c1C. The number of rotatable bonds is 4. The minimum atomic E-state index is -0.616. The van der Waals surface area contributed by atoms with Crippen LogP contribution in [-0.4, -0.2) is 6.54 Å². The van der Waals surface area contributed by atoms with Crippen LogP contribution in [0.25, 0.3) is 11.0 Å². The lowest BCUT2D eigenvalue weighted by atomic mass is 10.1. The van der Waals surface area contributed by atoms with Gasteiger partial charge in [0.05, 0.1) is 11.4 Å². The summed E-state index contributed by atoms with van der Waals surface area (Å²) < 4.78 is 32.4. The maximum atomic E-state index is 13.7. The second-order valence-electron chi connectivity index (χ2n) is 4.53. The van der Waals surface area contributed by atoms with Crippen LogP contribution in [0, 0.1) is 18.6 Å². The van der Waals surface area contributed by atoms with E-state index in [4.69, 9.17) is 4.42 Å². The molecule has 1 aromatic heterocycles. The third kappa shape index (κ3) is 2.25. The van der Waals surface area contributed by atoms with Gasteiger partial charge in [0.15, 0.2) is 0 Å². The van der Waals surface area contributed by atoms with Crippen molar-refractivity contribution in [2.75, 3.05) is 6.54 Å². The second kappa shape index (κ2) is 5.06. The van der Waals surface area contributed by atoms with Crippen LogP contribution in [0.15, 0.2) is 16.5 Å². The van der Waals surface area contributed by atoms with Gasteiger partial charge in [0.1, 0.15) is 23.0 Å². The van der Waals surface area contributed by atoms with Gasteiger partial charge in [0.2, 0.25) is 0 Å². The number of hydrogen-bond acceptors (Lipinski definition) is 2. The predicted octanol–water partition coefficient (Wildman–Crippen LogP) is 4.08. The summed E-state index contributed by atoms with van der Waals surface area (Å²) in [5, 5.41) is 3.65. The summed E-state index contributed by atoms with van der Waals surface area (Å²) in [6, 6.07) is 2.10. The van der Waals surface area contributed by atoms with Crippen molar-refractivity contribution < 1.29 is 13.2 Å². The van der Waals surface area contributed by atoms with E-state index in [2.05, 4.69) is 12.2 Å². The summed E-state index contributed by atoms with van der Waals surface area (Å²) in [6.45, 7) is 6.68. The topological polar surface area (TPSA) is 25.2 Å². The molecule has 0 amide bonds. The quantitative estimate of drug-likeness (QED) is 0.888. The van der Waals surface area contributed by atoms with Crippen LogP contribution in [0.3, 0.4) is 0 Å². The fourth-order valence-electron chi connectivity index (χ4n) is 2.18. The molecule has 0 saturated carbocycles. The first-order chi connectivity index (χ1) is 8.54. The fraction of sp³-hybridized carbons (Fsp3) is 0.429. The molecule has 0 bridgehead atoms. The van der Waals surface area contributed by atoms with Crippen LogP contribution in [0.1, 0.15) is 37.6 Å². The zero-order valence-corrected chi connectivity index (χ0v) is 10.8. The fourth-order valence-corrected chi connectivity index (χ4v) is 2.18. The minimum absolute atomic E-state index is 0.0141. The first-order valence-corrected chi connectivity index (χ1v) is 6.16. The van der Waals surface area contributed by atoms with Crippen LogP contribution in [0.4, 0.5) is 8.78 Å². The van der Waals surface area contributed by atoms with Crippen LogP contribution >= 0.6 is 0 Å². The highest BCUT2D eigenvalue weighted by Crippen LogP contribution is 2.31. The largest absolute Gasteiger partial charge is 0.459 e. The van der Waals surface area contributed by atoms with Gasteiger partial charge in [-0.1, -0.05) is 6.92 Å². The first kappa shape index (κ1) is 13.0. The standard InChI is InChI=1S/C14H17F2NO/c1-4-5-17-9(3)14-8(2)13-11(16)6-10(15)7-12(13)18-14/h6-7,9,17H,4-5H2,1-3H3. The molecule has 1 N–H and O–H groups in total. The molecule has 1 unspecified atom stereocenters. The predicted molar refractivity (Wildman–Crippen MR) is 67.6 cm³/mol. The number of furan rings is 1. The lowest BCUT2D eigenvalue weighted by molar-refractivity contribution is 0.447. The van der Waals surface area contributed by atoms with E-state index in [1.165, 1.54) is 6.07 Å². The Hall–Kier alpha value is -1.42. The monoisotopic (exact) mass is 253 g/mol. The van der Waals surface area contributed by atoms with Gasteiger partial charge in [-0.2, -0.15) is 0 Å². The van der Waals surface area contributed by atoms with E-state index in [0.717, 1.165) is 24.6 Å². The van der Waals surface area contributed by atoms with Gasteiger partial charge in [-0.15, -0.1) is 0 Å². The molecule has 0 aliphatic heterocycles. The van der Waals surface area contributed by atoms with Crippen LogP contribution in [-0.2, 0) is 0 Å². The lowest BCUT2D eigenvalue weighted by Gasteiger charge is -2.11. The Balaban J connectivity index is 2.47. The zero-order chi connectivity index (χ0) is 13.3. The molecular formula is C14H17F2NO. The molecule has 98 valence electrons. The average molecular weight is 253 g/mol. The maximum absolute atomic E-state index is 13.7. The van der Waals surface area contributed by atoms with E-state index in [1.807, 2.05) is 6.92 Å². The third-order valence-corrected chi connectivity index (χ3v) is 3.08. The van der Waals surface area contributed by atoms with E-state index in [-0.39, 0.29) is 11.6 Å². The first-order valence-electron chi connectivity index (χ1n) is 6.16. The Labute approximate surface area is 105 Å². The van der Waals surface area contributed by atoms with E-state index in [0.29, 0.717) is 11.1 Å². The lowest BCUT2D eigenvalue weighted by Crippen LogP contribution is -2.19. The Kier molecular flexibility index (Phi) is 3.66. The molecule has 4 heteroatoms. The van der Waals surface area contributed by atoms with E-state index < -0.39 is 11.6 Å². The van der Waals surface area contributed by atoms with Gasteiger partial charge >= 0.3 is 0 Å². The molecule has 2 rings (SSSR count). The van der Waals surface area contributed by atoms with Crippen molar-refractivity contribution in [2.24, 2.45) is 0 Å². The summed E-state index contributed by atoms with van der Waals surface area (Å²) in [4.78, 5) is 0. The molecule has 18 heavy (non-hydrogen) atoms. The number of aryl methyl sites for hydroxylation is 1. The van der Waals surface area contributed by atoms with E-state index >= 15 is 0 Å². The third-order valence-electron chi connectivity index (χ3n) is 3.08. The van der Waals surface area contributed by atoms with Crippen molar-refractivity contribution in [1.29, 1.82) is 0 Å². The smallest absolute Gasteiger partial charge is 0.140 e. The summed E-state index contributed by atoms with van der Waals surface area (Å²) in [6.07, 6.45) is 1.01. The van der Waals surface area contributed by atoms with Crippen molar-refractivity contribution in [3.63, 3.8) is 0 Å². The van der Waals surface area contributed by atoms with E-state index in [9.17, 15) is 8.78 Å². The van der Waals surface area contributed by atoms with Gasteiger partial charge in [-0.05, 0) is 26.8 Å². The summed E-state index contributed by atoms with van der Waals surface area (Å²) >= 11 is 0. The molecule has 1 aromatic carbocycles. The number of nitrogens with one attached hydrogen (secondary N) is 1. The van der Waals surface area contributed by atoms with Crippen LogP contribution in [0.5, 0.6) is 0 Å². The molecule has 2 nitrogen and oxygen atoms in total. The van der Waals surface area contributed by atoms with Crippen molar-refractivity contribution in [3.8, 4) is 0 Å². The molecule has 0 spiro atoms. The highest BCUT2D eigenvalue weighted by atomic mass is 19.1. The molecule has 0 aliphatic rings. The number of hydrogen-bond donors (Lipinski definition) is 1. The molecule has 2 aromatic rings. The van der Waals surface area contributed by atoms with Crippen molar-refractivity contribution >= 4 is 11.0 Å². The Bertz CT molecular complexity index is 562. The number of halogens is 2. The Morgan fingerprint density at radius 3 is 2.72 bits per heavy atom. The Morgan fingerprint density at radius 2 is 2.06 bits per heavy atom. The molecule has 1 heterocycles. The van der Waals surface area contributed by atoms with Crippen molar-refractivity contribution in [1.82, 2.24) is 5.32 Å². The van der Waals surface area contributed by atoms with Crippen molar-refractivity contribution in [3.05, 3.63) is 35.1 Å². The molecule has 0 radical (unpaired) electrons. The maximum Gasteiger partial charge on any atom is 0.140 e. The molecule has 0 saturated heterocycles. The second-order valence-corrected chi connectivity index (χ2v) is 4.53. The molecule has 0 aliphatic carbocycles. The van der Waals surface area contributed by atoms with Gasteiger partial charge in [-0.3, -0.25) is 0 Å².